The summed E-state index contributed by atoms with van der Waals surface area (Å²) in [6, 6.07) is 7.36. The Morgan fingerprint density at radius 1 is 1.17 bits per heavy atom. The number of fused-ring (bicyclic) bond motifs is 3. The van der Waals surface area contributed by atoms with Crippen molar-refractivity contribution >= 4 is 22.6 Å². The molecule has 0 unspecified atom stereocenters. The van der Waals surface area contributed by atoms with Crippen molar-refractivity contribution < 1.29 is 14.3 Å². The standard InChI is InChI=1S/C22H28N4O4/c1-3-30-22(28)16-9-14-24(15-10-16)11-5-13-26-17-7-8-19(29-2)23-20(17)25-12-4-6-18(25)21(26)27/h4,6-8,12,16H,3,5,9-11,13-15H2,1-2H3. The first-order valence-corrected chi connectivity index (χ1v) is 10.6. The summed E-state index contributed by atoms with van der Waals surface area (Å²) >= 11 is 0. The Kier molecular flexibility index (Phi) is 6.03. The second-order valence-corrected chi connectivity index (χ2v) is 7.64. The molecule has 160 valence electrons. The summed E-state index contributed by atoms with van der Waals surface area (Å²) in [4.78, 5) is 31.9. The number of carbonyl (C=O) groups is 1. The minimum absolute atomic E-state index is 0.0134. The van der Waals surface area contributed by atoms with Crippen molar-refractivity contribution in [2.24, 2.45) is 5.92 Å². The highest BCUT2D eigenvalue weighted by Gasteiger charge is 2.25. The molecule has 1 fully saturated rings. The number of hydrogen-bond donors (Lipinski definition) is 0. The average Bonchev–Trinajstić information content (AvgIpc) is 3.27. The topological polar surface area (TPSA) is 78.1 Å². The van der Waals surface area contributed by atoms with Crippen molar-refractivity contribution in [2.45, 2.75) is 32.7 Å². The van der Waals surface area contributed by atoms with Crippen LogP contribution in [0.25, 0.3) is 16.7 Å². The van der Waals surface area contributed by atoms with Gasteiger partial charge in [-0.3, -0.25) is 14.0 Å². The van der Waals surface area contributed by atoms with E-state index in [9.17, 15) is 9.59 Å². The van der Waals surface area contributed by atoms with E-state index in [1.54, 1.807) is 13.2 Å². The lowest BCUT2D eigenvalue weighted by atomic mass is 9.97. The van der Waals surface area contributed by atoms with Crippen molar-refractivity contribution in [3.05, 3.63) is 40.8 Å². The highest BCUT2D eigenvalue weighted by Crippen LogP contribution is 2.20. The molecule has 3 aromatic rings. The summed E-state index contributed by atoms with van der Waals surface area (Å²) in [5, 5.41) is 0. The van der Waals surface area contributed by atoms with Gasteiger partial charge in [0.05, 0.1) is 25.2 Å². The van der Waals surface area contributed by atoms with Crippen LogP contribution >= 0.6 is 0 Å². The first-order chi connectivity index (χ1) is 14.6. The lowest BCUT2D eigenvalue weighted by Crippen LogP contribution is -2.38. The van der Waals surface area contributed by atoms with Crippen molar-refractivity contribution in [3.63, 3.8) is 0 Å². The minimum Gasteiger partial charge on any atom is -0.481 e. The van der Waals surface area contributed by atoms with Crippen molar-refractivity contribution in [1.29, 1.82) is 0 Å². The van der Waals surface area contributed by atoms with Gasteiger partial charge in [0.15, 0.2) is 5.65 Å². The predicted octanol–water partition coefficient (Wildman–Crippen LogP) is 2.32. The zero-order valence-electron chi connectivity index (χ0n) is 17.5. The Morgan fingerprint density at radius 2 is 1.97 bits per heavy atom. The molecule has 0 amide bonds. The molecule has 1 aliphatic heterocycles. The van der Waals surface area contributed by atoms with E-state index < -0.39 is 0 Å². The molecule has 8 heteroatoms. The first kappa shape index (κ1) is 20.4. The fourth-order valence-electron chi connectivity index (χ4n) is 4.24. The number of aryl methyl sites for hydroxylation is 1. The zero-order chi connectivity index (χ0) is 21.1. The SMILES string of the molecule is CCOC(=O)C1CCN(CCCn2c(=O)c3cccn3c3nc(OC)ccc32)CC1. The van der Waals surface area contributed by atoms with Gasteiger partial charge < -0.3 is 18.9 Å². The molecule has 4 rings (SSSR count). The van der Waals surface area contributed by atoms with E-state index in [4.69, 9.17) is 9.47 Å². The maximum Gasteiger partial charge on any atom is 0.309 e. The average molecular weight is 412 g/mol. The largest absolute Gasteiger partial charge is 0.481 e. The zero-order valence-corrected chi connectivity index (χ0v) is 17.5. The Bertz CT molecular complexity index is 1100. The van der Waals surface area contributed by atoms with Crippen LogP contribution in [0.5, 0.6) is 5.88 Å². The lowest BCUT2D eigenvalue weighted by Gasteiger charge is -2.30. The first-order valence-electron chi connectivity index (χ1n) is 10.6. The van der Waals surface area contributed by atoms with Crippen LogP contribution in [0.2, 0.25) is 0 Å². The maximum atomic E-state index is 13.0. The molecule has 1 aliphatic rings. The Morgan fingerprint density at radius 3 is 2.70 bits per heavy atom. The van der Waals surface area contributed by atoms with Gasteiger partial charge in [-0.1, -0.05) is 0 Å². The van der Waals surface area contributed by atoms with Gasteiger partial charge in [0, 0.05) is 18.8 Å². The number of likely N-dealkylation sites (tertiary alicyclic amines) is 1. The Hall–Kier alpha value is -2.87. The number of esters is 1. The number of nitrogens with zero attached hydrogens (tertiary/aromatic N) is 4. The van der Waals surface area contributed by atoms with Gasteiger partial charge in [0.2, 0.25) is 5.88 Å². The van der Waals surface area contributed by atoms with Crippen LogP contribution < -0.4 is 10.3 Å². The van der Waals surface area contributed by atoms with E-state index in [1.807, 2.05) is 40.3 Å². The van der Waals surface area contributed by atoms with E-state index in [1.165, 1.54) is 0 Å². The van der Waals surface area contributed by atoms with Gasteiger partial charge >= 0.3 is 5.97 Å². The summed E-state index contributed by atoms with van der Waals surface area (Å²) < 4.78 is 14.0. The fraction of sp³-hybridized carbons (Fsp3) is 0.500. The van der Waals surface area contributed by atoms with Crippen LogP contribution in [-0.2, 0) is 16.1 Å². The van der Waals surface area contributed by atoms with Crippen molar-refractivity contribution in [3.8, 4) is 5.88 Å². The second kappa shape index (κ2) is 8.87. The van der Waals surface area contributed by atoms with Crippen LogP contribution in [0, 0.1) is 5.92 Å². The minimum atomic E-state index is -0.0707. The van der Waals surface area contributed by atoms with Crippen LogP contribution in [0.4, 0.5) is 0 Å². The Balaban J connectivity index is 1.46. The number of ether oxygens (including phenoxy) is 2. The molecule has 0 bridgehead atoms. The molecule has 3 aromatic heterocycles. The summed E-state index contributed by atoms with van der Waals surface area (Å²) in [6.45, 7) is 5.55. The van der Waals surface area contributed by atoms with Crippen molar-refractivity contribution in [2.75, 3.05) is 33.4 Å². The highest BCUT2D eigenvalue weighted by atomic mass is 16.5. The molecule has 0 spiro atoms. The third kappa shape index (κ3) is 3.92. The quantitative estimate of drug-likeness (QED) is 0.554. The molecule has 0 aliphatic carbocycles. The van der Waals surface area contributed by atoms with Gasteiger partial charge in [0.25, 0.3) is 5.56 Å². The molecule has 8 nitrogen and oxygen atoms in total. The van der Waals surface area contributed by atoms with Gasteiger partial charge in [0.1, 0.15) is 5.52 Å². The summed E-state index contributed by atoms with van der Waals surface area (Å²) in [5.41, 5.74) is 2.11. The molecule has 0 saturated carbocycles. The number of piperidine rings is 1. The van der Waals surface area contributed by atoms with Crippen LogP contribution in [0.3, 0.4) is 0 Å². The monoisotopic (exact) mass is 412 g/mol. The van der Waals surface area contributed by atoms with Gasteiger partial charge in [-0.05, 0) is 64.0 Å². The van der Waals surface area contributed by atoms with Crippen LogP contribution in [-0.4, -0.2) is 58.2 Å². The maximum absolute atomic E-state index is 13.0. The van der Waals surface area contributed by atoms with E-state index in [-0.39, 0.29) is 17.4 Å². The number of methoxy groups -OCH3 is 1. The van der Waals surface area contributed by atoms with Gasteiger partial charge in [-0.15, -0.1) is 0 Å². The lowest BCUT2D eigenvalue weighted by molar-refractivity contribution is -0.149. The fourth-order valence-corrected chi connectivity index (χ4v) is 4.24. The molecule has 1 saturated heterocycles. The smallest absolute Gasteiger partial charge is 0.309 e. The predicted molar refractivity (Wildman–Crippen MR) is 114 cm³/mol. The van der Waals surface area contributed by atoms with Crippen LogP contribution in [0.1, 0.15) is 26.2 Å². The number of hydrogen-bond acceptors (Lipinski definition) is 6. The molecule has 0 aromatic carbocycles. The number of pyridine rings is 1. The molecule has 0 N–H and O–H groups in total. The van der Waals surface area contributed by atoms with Crippen LogP contribution in [0.15, 0.2) is 35.3 Å². The highest BCUT2D eigenvalue weighted by molar-refractivity contribution is 5.76. The normalized spacial score (nSPS) is 15.7. The van der Waals surface area contributed by atoms with Gasteiger partial charge in [-0.2, -0.15) is 4.98 Å². The molecule has 0 atom stereocenters. The second-order valence-electron chi connectivity index (χ2n) is 7.64. The third-order valence-electron chi connectivity index (χ3n) is 5.83. The van der Waals surface area contributed by atoms with E-state index in [0.29, 0.717) is 30.2 Å². The van der Waals surface area contributed by atoms with E-state index in [0.717, 1.165) is 44.4 Å². The molecule has 4 heterocycles. The Labute approximate surface area is 175 Å². The summed E-state index contributed by atoms with van der Waals surface area (Å²) in [7, 11) is 1.59. The summed E-state index contributed by atoms with van der Waals surface area (Å²) in [6.07, 6.45) is 4.37. The molecular weight excluding hydrogens is 384 g/mol. The van der Waals surface area contributed by atoms with E-state index >= 15 is 0 Å². The molecular formula is C22H28N4O4. The number of rotatable bonds is 7. The summed E-state index contributed by atoms with van der Waals surface area (Å²) in [5.74, 6) is 0.469. The van der Waals surface area contributed by atoms with Crippen molar-refractivity contribution in [1.82, 2.24) is 18.9 Å². The number of carbonyl (C=O) groups excluding carboxylic acids is 1. The number of aromatic nitrogens is 3. The molecule has 0 radical (unpaired) electrons. The molecule has 30 heavy (non-hydrogen) atoms. The van der Waals surface area contributed by atoms with Gasteiger partial charge in [-0.25, -0.2) is 0 Å². The third-order valence-corrected chi connectivity index (χ3v) is 5.83. The van der Waals surface area contributed by atoms with E-state index in [2.05, 4.69) is 9.88 Å².